The molecule has 0 aliphatic rings. The van der Waals surface area contributed by atoms with Gasteiger partial charge in [-0.3, -0.25) is 4.79 Å². The van der Waals surface area contributed by atoms with Crippen molar-refractivity contribution in [1.82, 2.24) is 4.98 Å². The first kappa shape index (κ1) is 14.9. The fourth-order valence-electron chi connectivity index (χ4n) is 1.59. The summed E-state index contributed by atoms with van der Waals surface area (Å²) in [4.78, 5) is 26.7. The van der Waals surface area contributed by atoms with E-state index in [1.54, 1.807) is 12.1 Å². The summed E-state index contributed by atoms with van der Waals surface area (Å²) in [6, 6.07) is 8.56. The molecule has 1 aromatic heterocycles. The summed E-state index contributed by atoms with van der Waals surface area (Å²) in [5.41, 5.74) is 6.87. The van der Waals surface area contributed by atoms with Gasteiger partial charge in [-0.05, 0) is 30.3 Å². The molecule has 0 unspecified atom stereocenters. The Kier molecular flexibility index (Phi) is 4.44. The largest absolute Gasteiger partial charge is 0.478 e. The number of amides is 1. The first-order chi connectivity index (χ1) is 9.95. The molecule has 2 aromatic rings. The van der Waals surface area contributed by atoms with E-state index >= 15 is 0 Å². The number of benzene rings is 1. The Morgan fingerprint density at radius 1 is 1.29 bits per heavy atom. The first-order valence-corrected chi connectivity index (χ1v) is 6.81. The molecule has 0 spiro atoms. The molecule has 1 amide bonds. The third-order valence-electron chi connectivity index (χ3n) is 2.52. The van der Waals surface area contributed by atoms with Crippen molar-refractivity contribution in [2.75, 3.05) is 11.1 Å². The molecule has 0 saturated heterocycles. The third-order valence-corrected chi connectivity index (χ3v) is 3.56. The second kappa shape index (κ2) is 6.27. The van der Waals surface area contributed by atoms with Crippen LogP contribution in [-0.2, 0) is 4.79 Å². The van der Waals surface area contributed by atoms with Gasteiger partial charge in [-0.15, -0.1) is 0 Å². The second-order valence-electron chi connectivity index (χ2n) is 4.23. The van der Waals surface area contributed by atoms with Gasteiger partial charge in [-0.2, -0.15) is 0 Å². The van der Waals surface area contributed by atoms with Crippen molar-refractivity contribution < 1.29 is 14.7 Å². The molecule has 0 aliphatic carbocycles. The second-order valence-corrected chi connectivity index (χ2v) is 5.29. The molecule has 1 aromatic carbocycles. The number of carboxylic acid groups (broad SMARTS) is 1. The van der Waals surface area contributed by atoms with Crippen LogP contribution >= 0.6 is 11.8 Å². The van der Waals surface area contributed by atoms with Gasteiger partial charge >= 0.3 is 5.97 Å². The number of pyridine rings is 1. The number of carboxylic acids is 1. The van der Waals surface area contributed by atoms with E-state index in [2.05, 4.69) is 10.3 Å². The molecule has 0 bridgehead atoms. The highest BCUT2D eigenvalue weighted by Gasteiger charge is 2.09. The van der Waals surface area contributed by atoms with Crippen molar-refractivity contribution in [1.29, 1.82) is 0 Å². The van der Waals surface area contributed by atoms with Crippen LogP contribution in [-0.4, -0.2) is 22.0 Å². The number of nitrogens with two attached hydrogens (primary N) is 1. The van der Waals surface area contributed by atoms with Crippen LogP contribution in [0.25, 0.3) is 0 Å². The zero-order valence-electron chi connectivity index (χ0n) is 11.2. The van der Waals surface area contributed by atoms with E-state index in [4.69, 9.17) is 10.8 Å². The average molecular weight is 303 g/mol. The zero-order chi connectivity index (χ0) is 15.4. The van der Waals surface area contributed by atoms with E-state index in [-0.39, 0.29) is 11.5 Å². The summed E-state index contributed by atoms with van der Waals surface area (Å²) < 4.78 is 0. The van der Waals surface area contributed by atoms with Gasteiger partial charge in [-0.1, -0.05) is 11.8 Å². The van der Waals surface area contributed by atoms with E-state index in [0.717, 1.165) is 4.90 Å². The van der Waals surface area contributed by atoms with Crippen LogP contribution in [0.3, 0.4) is 0 Å². The molecule has 6 nitrogen and oxygen atoms in total. The van der Waals surface area contributed by atoms with Gasteiger partial charge in [0.1, 0.15) is 5.03 Å². The highest BCUT2D eigenvalue weighted by atomic mass is 32.2. The molecular weight excluding hydrogens is 290 g/mol. The number of hydrogen-bond acceptors (Lipinski definition) is 5. The molecule has 0 fully saturated rings. The Balaban J connectivity index is 2.14. The normalized spacial score (nSPS) is 10.1. The van der Waals surface area contributed by atoms with Crippen molar-refractivity contribution in [3.05, 3.63) is 42.1 Å². The van der Waals surface area contributed by atoms with E-state index in [0.29, 0.717) is 16.4 Å². The van der Waals surface area contributed by atoms with Crippen LogP contribution < -0.4 is 11.1 Å². The van der Waals surface area contributed by atoms with Gasteiger partial charge in [0.15, 0.2) is 0 Å². The maximum Gasteiger partial charge on any atom is 0.337 e. The van der Waals surface area contributed by atoms with E-state index in [1.807, 2.05) is 12.1 Å². The van der Waals surface area contributed by atoms with Crippen molar-refractivity contribution in [3.8, 4) is 0 Å². The lowest BCUT2D eigenvalue weighted by Gasteiger charge is -2.06. The number of nitrogen functional groups attached to an aromatic ring is 1. The fourth-order valence-corrected chi connectivity index (χ4v) is 2.37. The minimum atomic E-state index is -1.06. The minimum absolute atomic E-state index is 0.0536. The summed E-state index contributed by atoms with van der Waals surface area (Å²) in [6.07, 6.45) is 1.27. The Hall–Kier alpha value is -2.54. The van der Waals surface area contributed by atoms with Crippen LogP contribution in [0.1, 0.15) is 17.3 Å². The van der Waals surface area contributed by atoms with Crippen LogP contribution in [0.2, 0.25) is 0 Å². The number of hydrogen-bond donors (Lipinski definition) is 3. The van der Waals surface area contributed by atoms with Gasteiger partial charge < -0.3 is 16.2 Å². The molecule has 1 heterocycles. The van der Waals surface area contributed by atoms with Gasteiger partial charge in [0.25, 0.3) is 0 Å². The van der Waals surface area contributed by atoms with Gasteiger partial charge in [0, 0.05) is 23.7 Å². The van der Waals surface area contributed by atoms with Crippen molar-refractivity contribution in [2.45, 2.75) is 16.8 Å². The number of carbonyl (C=O) groups is 2. The first-order valence-electron chi connectivity index (χ1n) is 6.00. The Morgan fingerprint density at radius 3 is 2.48 bits per heavy atom. The molecule has 7 heteroatoms. The lowest BCUT2D eigenvalue weighted by atomic mass is 10.3. The van der Waals surface area contributed by atoms with Crippen molar-refractivity contribution in [2.24, 2.45) is 0 Å². The summed E-state index contributed by atoms with van der Waals surface area (Å²) in [7, 11) is 0. The summed E-state index contributed by atoms with van der Waals surface area (Å²) >= 11 is 1.32. The van der Waals surface area contributed by atoms with Crippen LogP contribution in [0.4, 0.5) is 11.4 Å². The Labute approximate surface area is 125 Å². The predicted octanol–water partition coefficient (Wildman–Crippen LogP) is 2.47. The maximum atomic E-state index is 10.9. The lowest BCUT2D eigenvalue weighted by molar-refractivity contribution is -0.114. The Bertz CT molecular complexity index is 686. The SMILES string of the molecule is CC(=O)Nc1ccc(Sc2ncc(C(=O)O)cc2N)cc1. The standard InChI is InChI=1S/C14H13N3O3S/c1-8(18)17-10-2-4-11(5-3-10)21-13-12(15)6-9(7-16-13)14(19)20/h2-7H,15H2,1H3,(H,17,18)(H,19,20). The number of nitrogens with zero attached hydrogens (tertiary/aromatic N) is 1. The van der Waals surface area contributed by atoms with Crippen LogP contribution in [0, 0.1) is 0 Å². The van der Waals surface area contributed by atoms with Gasteiger partial charge in [0.05, 0.1) is 11.3 Å². The summed E-state index contributed by atoms with van der Waals surface area (Å²) in [5.74, 6) is -1.20. The topological polar surface area (TPSA) is 105 Å². The molecule has 0 aliphatic heterocycles. The quantitative estimate of drug-likeness (QED) is 0.801. The lowest BCUT2D eigenvalue weighted by Crippen LogP contribution is -2.05. The fraction of sp³-hybridized carbons (Fsp3) is 0.0714. The smallest absolute Gasteiger partial charge is 0.337 e. The molecule has 2 rings (SSSR count). The minimum Gasteiger partial charge on any atom is -0.478 e. The van der Waals surface area contributed by atoms with E-state index in [9.17, 15) is 9.59 Å². The van der Waals surface area contributed by atoms with Crippen LogP contribution in [0.15, 0.2) is 46.5 Å². The zero-order valence-corrected chi connectivity index (χ0v) is 12.0. The van der Waals surface area contributed by atoms with Crippen molar-refractivity contribution in [3.63, 3.8) is 0 Å². The molecule has 4 N–H and O–H groups in total. The number of aromatic carboxylic acids is 1. The van der Waals surface area contributed by atoms with Crippen molar-refractivity contribution >= 4 is 35.0 Å². The van der Waals surface area contributed by atoms with E-state index in [1.165, 1.54) is 30.9 Å². The number of carbonyl (C=O) groups excluding carboxylic acids is 1. The molecule has 0 radical (unpaired) electrons. The number of anilines is 2. The molecule has 21 heavy (non-hydrogen) atoms. The number of rotatable bonds is 4. The molecule has 108 valence electrons. The summed E-state index contributed by atoms with van der Waals surface area (Å²) in [5, 5.41) is 12.1. The molecule has 0 atom stereocenters. The maximum absolute atomic E-state index is 10.9. The molecule has 0 saturated carbocycles. The Morgan fingerprint density at radius 2 is 1.95 bits per heavy atom. The average Bonchev–Trinajstić information content (AvgIpc) is 2.42. The number of aromatic nitrogens is 1. The number of nitrogens with one attached hydrogen (secondary N) is 1. The van der Waals surface area contributed by atoms with Gasteiger partial charge in [-0.25, -0.2) is 9.78 Å². The van der Waals surface area contributed by atoms with Crippen LogP contribution in [0.5, 0.6) is 0 Å². The highest BCUT2D eigenvalue weighted by molar-refractivity contribution is 7.99. The van der Waals surface area contributed by atoms with Gasteiger partial charge in [0.2, 0.25) is 5.91 Å². The summed E-state index contributed by atoms with van der Waals surface area (Å²) in [6.45, 7) is 1.44. The molecular formula is C14H13N3O3S. The highest BCUT2D eigenvalue weighted by Crippen LogP contribution is 2.31. The van der Waals surface area contributed by atoms with E-state index < -0.39 is 5.97 Å². The third kappa shape index (κ3) is 3.96. The monoisotopic (exact) mass is 303 g/mol. The predicted molar refractivity (Wildman–Crippen MR) is 80.5 cm³/mol.